The maximum absolute atomic E-state index is 12.0. The maximum atomic E-state index is 12.0. The van der Waals surface area contributed by atoms with E-state index in [9.17, 15) is 4.79 Å². The number of ketones is 1. The Bertz CT molecular complexity index is 400. The van der Waals surface area contributed by atoms with Gasteiger partial charge in [-0.15, -0.1) is 0 Å². The molecule has 0 aliphatic heterocycles. The van der Waals surface area contributed by atoms with Crippen LogP contribution >= 0.6 is 12.2 Å². The average Bonchev–Trinajstić information content (AvgIpc) is 2.15. The molecular weight excluding hydrogens is 234 g/mol. The van der Waals surface area contributed by atoms with E-state index in [1.165, 1.54) is 0 Å². The third-order valence-corrected chi connectivity index (χ3v) is 2.86. The standard InChI is InChI=1S/C13H19NO2S/c1-13(2,3)11-9(15)7-6-8-10(11)16-12(17)14(4)5/h6,8H,7H2,1-5H3. The van der Waals surface area contributed by atoms with Crippen LogP contribution in [0.5, 0.6) is 0 Å². The van der Waals surface area contributed by atoms with Gasteiger partial charge in [0, 0.05) is 26.1 Å². The Kier molecular flexibility index (Phi) is 4.09. The van der Waals surface area contributed by atoms with Gasteiger partial charge < -0.3 is 9.64 Å². The van der Waals surface area contributed by atoms with E-state index in [0.29, 0.717) is 22.9 Å². The number of Topliss-reactive ketones (excluding diaryl/α,β-unsaturated/α-hetero) is 1. The summed E-state index contributed by atoms with van der Waals surface area (Å²) in [5.74, 6) is 0.684. The van der Waals surface area contributed by atoms with E-state index in [0.717, 1.165) is 0 Å². The molecule has 0 spiro atoms. The van der Waals surface area contributed by atoms with Crippen molar-refractivity contribution in [3.63, 3.8) is 0 Å². The first-order valence-corrected chi connectivity index (χ1v) is 5.98. The van der Waals surface area contributed by atoms with Crippen LogP contribution in [0, 0.1) is 5.41 Å². The zero-order valence-electron chi connectivity index (χ0n) is 11.0. The molecule has 0 amide bonds. The third kappa shape index (κ3) is 3.40. The number of rotatable bonds is 1. The molecule has 94 valence electrons. The zero-order chi connectivity index (χ0) is 13.2. The first-order chi connectivity index (χ1) is 7.73. The molecule has 1 aliphatic carbocycles. The van der Waals surface area contributed by atoms with E-state index in [2.05, 4.69) is 0 Å². The van der Waals surface area contributed by atoms with Crippen molar-refractivity contribution in [2.45, 2.75) is 27.2 Å². The Labute approximate surface area is 108 Å². The lowest BCUT2D eigenvalue weighted by molar-refractivity contribution is -0.116. The van der Waals surface area contributed by atoms with Gasteiger partial charge in [-0.2, -0.15) is 0 Å². The summed E-state index contributed by atoms with van der Waals surface area (Å²) in [5, 5.41) is 0.362. The van der Waals surface area contributed by atoms with Crippen molar-refractivity contribution >= 4 is 23.2 Å². The number of carbonyl (C=O) groups excluding carboxylic acids is 1. The fraction of sp³-hybridized carbons (Fsp3) is 0.538. The Morgan fingerprint density at radius 1 is 1.41 bits per heavy atom. The summed E-state index contributed by atoms with van der Waals surface area (Å²) >= 11 is 5.10. The molecular formula is C13H19NO2S. The summed E-state index contributed by atoms with van der Waals surface area (Å²) in [4.78, 5) is 13.7. The molecule has 0 aromatic carbocycles. The normalized spacial score (nSPS) is 16.2. The molecule has 0 bridgehead atoms. The number of ether oxygens (including phenoxy) is 1. The number of nitrogens with zero attached hydrogens (tertiary/aromatic N) is 1. The minimum absolute atomic E-state index is 0.108. The maximum Gasteiger partial charge on any atom is 0.264 e. The molecule has 0 aromatic heterocycles. The number of thiocarbonyl (C=S) groups is 1. The molecule has 1 aliphatic rings. The van der Waals surface area contributed by atoms with Gasteiger partial charge in [0.1, 0.15) is 5.76 Å². The molecule has 0 atom stereocenters. The van der Waals surface area contributed by atoms with Gasteiger partial charge >= 0.3 is 0 Å². The van der Waals surface area contributed by atoms with Crippen LogP contribution in [-0.4, -0.2) is 30.0 Å². The van der Waals surface area contributed by atoms with Gasteiger partial charge in [-0.25, -0.2) is 0 Å². The van der Waals surface area contributed by atoms with Crippen LogP contribution in [-0.2, 0) is 9.53 Å². The predicted octanol–water partition coefficient (Wildman–Crippen LogP) is 2.68. The van der Waals surface area contributed by atoms with Gasteiger partial charge in [-0.3, -0.25) is 4.79 Å². The second-order valence-corrected chi connectivity index (χ2v) is 5.63. The van der Waals surface area contributed by atoms with Crippen molar-refractivity contribution in [1.82, 2.24) is 4.90 Å². The summed E-state index contributed by atoms with van der Waals surface area (Å²) in [6.45, 7) is 6.00. The second kappa shape index (κ2) is 5.00. The number of hydrogen-bond donors (Lipinski definition) is 0. The van der Waals surface area contributed by atoms with Gasteiger partial charge in [-0.05, 0) is 23.7 Å². The number of carbonyl (C=O) groups is 1. The van der Waals surface area contributed by atoms with Crippen molar-refractivity contribution < 1.29 is 9.53 Å². The highest BCUT2D eigenvalue weighted by Crippen LogP contribution is 2.33. The zero-order valence-corrected chi connectivity index (χ0v) is 11.9. The monoisotopic (exact) mass is 253 g/mol. The molecule has 0 N–H and O–H groups in total. The number of hydrogen-bond acceptors (Lipinski definition) is 3. The molecule has 3 nitrogen and oxygen atoms in total. The van der Waals surface area contributed by atoms with Crippen LogP contribution in [0.15, 0.2) is 23.5 Å². The van der Waals surface area contributed by atoms with Crippen LogP contribution in [0.25, 0.3) is 0 Å². The molecule has 0 saturated heterocycles. The SMILES string of the molecule is CN(C)C(=S)OC1=C(C(C)(C)C)C(=O)CC=C1. The highest BCUT2D eigenvalue weighted by atomic mass is 32.1. The topological polar surface area (TPSA) is 29.5 Å². The van der Waals surface area contributed by atoms with Gasteiger partial charge in [0.05, 0.1) is 0 Å². The molecule has 0 radical (unpaired) electrons. The first kappa shape index (κ1) is 13.9. The molecule has 0 saturated carbocycles. The summed E-state index contributed by atoms with van der Waals surface area (Å²) in [7, 11) is 3.63. The van der Waals surface area contributed by atoms with Crippen LogP contribution in [0.2, 0.25) is 0 Å². The highest BCUT2D eigenvalue weighted by Gasteiger charge is 2.29. The van der Waals surface area contributed by atoms with E-state index in [4.69, 9.17) is 17.0 Å². The lowest BCUT2D eigenvalue weighted by Crippen LogP contribution is -2.27. The van der Waals surface area contributed by atoms with Gasteiger partial charge in [-0.1, -0.05) is 26.8 Å². The molecule has 0 fully saturated rings. The molecule has 0 aromatic rings. The van der Waals surface area contributed by atoms with Gasteiger partial charge in [0.2, 0.25) is 0 Å². The minimum atomic E-state index is -0.237. The Hall–Kier alpha value is -1.16. The van der Waals surface area contributed by atoms with Crippen molar-refractivity contribution in [3.8, 4) is 0 Å². The Morgan fingerprint density at radius 2 is 2.00 bits per heavy atom. The lowest BCUT2D eigenvalue weighted by Gasteiger charge is -2.27. The molecule has 1 rings (SSSR count). The molecule has 4 heteroatoms. The molecule has 0 heterocycles. The Morgan fingerprint density at radius 3 is 2.47 bits per heavy atom. The van der Waals surface area contributed by atoms with Crippen LogP contribution in [0.4, 0.5) is 0 Å². The van der Waals surface area contributed by atoms with Gasteiger partial charge in [0.25, 0.3) is 5.17 Å². The van der Waals surface area contributed by atoms with E-state index < -0.39 is 0 Å². The average molecular weight is 253 g/mol. The summed E-state index contributed by atoms with van der Waals surface area (Å²) in [6.07, 6.45) is 4.08. The number of allylic oxidation sites excluding steroid dienone is 3. The van der Waals surface area contributed by atoms with E-state index in [1.54, 1.807) is 4.90 Å². The smallest absolute Gasteiger partial charge is 0.264 e. The molecule has 0 unspecified atom stereocenters. The van der Waals surface area contributed by atoms with E-state index >= 15 is 0 Å². The highest BCUT2D eigenvalue weighted by molar-refractivity contribution is 7.80. The van der Waals surface area contributed by atoms with Crippen LogP contribution in [0.3, 0.4) is 0 Å². The minimum Gasteiger partial charge on any atom is -0.431 e. The van der Waals surface area contributed by atoms with Crippen molar-refractivity contribution in [1.29, 1.82) is 0 Å². The van der Waals surface area contributed by atoms with Crippen molar-refractivity contribution in [2.24, 2.45) is 5.41 Å². The van der Waals surface area contributed by atoms with Crippen LogP contribution in [0.1, 0.15) is 27.2 Å². The van der Waals surface area contributed by atoms with Crippen LogP contribution < -0.4 is 0 Å². The third-order valence-electron chi connectivity index (χ3n) is 2.41. The lowest BCUT2D eigenvalue weighted by atomic mass is 9.80. The summed E-state index contributed by atoms with van der Waals surface area (Å²) < 4.78 is 5.59. The van der Waals surface area contributed by atoms with E-state index in [-0.39, 0.29) is 11.2 Å². The largest absolute Gasteiger partial charge is 0.431 e. The van der Waals surface area contributed by atoms with Crippen molar-refractivity contribution in [3.05, 3.63) is 23.5 Å². The predicted molar refractivity (Wildman–Crippen MR) is 72.6 cm³/mol. The quantitative estimate of drug-likeness (QED) is 0.672. The Balaban J connectivity index is 3.10. The van der Waals surface area contributed by atoms with Crippen molar-refractivity contribution in [2.75, 3.05) is 14.1 Å². The summed E-state index contributed by atoms with van der Waals surface area (Å²) in [6, 6.07) is 0. The fourth-order valence-electron chi connectivity index (χ4n) is 1.65. The molecule has 17 heavy (non-hydrogen) atoms. The van der Waals surface area contributed by atoms with Gasteiger partial charge in [0.15, 0.2) is 5.78 Å². The fourth-order valence-corrected chi connectivity index (χ4v) is 1.74. The van der Waals surface area contributed by atoms with E-state index in [1.807, 2.05) is 47.0 Å². The summed E-state index contributed by atoms with van der Waals surface area (Å²) in [5.41, 5.74) is 0.475. The first-order valence-electron chi connectivity index (χ1n) is 5.57. The second-order valence-electron chi connectivity index (χ2n) is 5.28.